The van der Waals surface area contributed by atoms with Gasteiger partial charge in [-0.3, -0.25) is 9.59 Å². The molecule has 2 aromatic rings. The minimum atomic E-state index is -0.573. The summed E-state index contributed by atoms with van der Waals surface area (Å²) < 4.78 is 0. The molecule has 0 aliphatic carbocycles. The molecule has 4 rings (SSSR count). The number of rotatable bonds is 3. The molecule has 2 saturated heterocycles. The predicted octanol–water partition coefficient (Wildman–Crippen LogP) is 0.724. The standard InChI is InChI=1S/C20H19N5O3/c21-9-12-1-2-14-8-15(4-3-13(14)7-12)19(27)25-6-5-16(11-25)23-18(26)17-10-22-20(28)24-17/h1-4,7-8,16-17H,5-6,10-11H2,(H,23,26)(H2,22,24,28)/t16?,17-/m0/s1. The van der Waals surface area contributed by atoms with Gasteiger partial charge in [-0.25, -0.2) is 4.79 Å². The van der Waals surface area contributed by atoms with Gasteiger partial charge in [-0.05, 0) is 41.5 Å². The number of nitrogens with zero attached hydrogens (tertiary/aromatic N) is 2. The highest BCUT2D eigenvalue weighted by atomic mass is 16.2. The van der Waals surface area contributed by atoms with Crippen LogP contribution in [0.3, 0.4) is 0 Å². The largest absolute Gasteiger partial charge is 0.350 e. The minimum absolute atomic E-state index is 0.0844. The van der Waals surface area contributed by atoms with Gasteiger partial charge in [0.1, 0.15) is 6.04 Å². The van der Waals surface area contributed by atoms with Gasteiger partial charge in [0.25, 0.3) is 5.91 Å². The summed E-state index contributed by atoms with van der Waals surface area (Å²) in [6, 6.07) is 11.8. The molecule has 2 fully saturated rings. The van der Waals surface area contributed by atoms with Crippen molar-refractivity contribution in [1.82, 2.24) is 20.9 Å². The van der Waals surface area contributed by atoms with Crippen LogP contribution in [0.15, 0.2) is 36.4 Å². The molecule has 2 atom stereocenters. The number of carbonyl (C=O) groups is 3. The summed E-state index contributed by atoms with van der Waals surface area (Å²) in [7, 11) is 0. The normalized spacial score (nSPS) is 21.1. The summed E-state index contributed by atoms with van der Waals surface area (Å²) in [6.07, 6.45) is 0.671. The lowest BCUT2D eigenvalue weighted by Crippen LogP contribution is -2.48. The molecular formula is C20H19N5O3. The van der Waals surface area contributed by atoms with E-state index in [-0.39, 0.29) is 30.4 Å². The highest BCUT2D eigenvalue weighted by molar-refractivity contribution is 5.99. The summed E-state index contributed by atoms with van der Waals surface area (Å²) in [6.45, 7) is 1.26. The maximum Gasteiger partial charge on any atom is 0.315 e. The minimum Gasteiger partial charge on any atom is -0.350 e. The van der Waals surface area contributed by atoms with Gasteiger partial charge in [-0.15, -0.1) is 0 Å². The van der Waals surface area contributed by atoms with Crippen LogP contribution in [0.2, 0.25) is 0 Å². The zero-order valence-electron chi connectivity index (χ0n) is 15.1. The Morgan fingerprint density at radius 1 is 1.18 bits per heavy atom. The third-order valence-corrected chi connectivity index (χ3v) is 5.13. The zero-order valence-corrected chi connectivity index (χ0v) is 15.1. The van der Waals surface area contributed by atoms with E-state index in [4.69, 9.17) is 5.26 Å². The van der Waals surface area contributed by atoms with E-state index >= 15 is 0 Å². The van der Waals surface area contributed by atoms with Crippen LogP contribution in [0.5, 0.6) is 0 Å². The van der Waals surface area contributed by atoms with Crippen LogP contribution >= 0.6 is 0 Å². The van der Waals surface area contributed by atoms with Crippen molar-refractivity contribution in [1.29, 1.82) is 5.26 Å². The maximum atomic E-state index is 12.8. The number of likely N-dealkylation sites (tertiary alicyclic amines) is 1. The van der Waals surface area contributed by atoms with Gasteiger partial charge in [-0.2, -0.15) is 5.26 Å². The van der Waals surface area contributed by atoms with Gasteiger partial charge < -0.3 is 20.9 Å². The Kier molecular flexibility index (Phi) is 4.57. The third kappa shape index (κ3) is 3.47. The van der Waals surface area contributed by atoms with Crippen molar-refractivity contribution in [2.75, 3.05) is 19.6 Å². The molecule has 0 radical (unpaired) electrons. The predicted molar refractivity (Wildman–Crippen MR) is 101 cm³/mol. The fourth-order valence-electron chi connectivity index (χ4n) is 3.61. The molecule has 2 aliphatic rings. The number of amides is 4. The zero-order chi connectivity index (χ0) is 19.7. The number of fused-ring (bicyclic) bond motifs is 1. The molecule has 142 valence electrons. The summed E-state index contributed by atoms with van der Waals surface area (Å²) >= 11 is 0. The summed E-state index contributed by atoms with van der Waals surface area (Å²) in [5.41, 5.74) is 1.16. The van der Waals surface area contributed by atoms with Crippen LogP contribution < -0.4 is 16.0 Å². The fraction of sp³-hybridized carbons (Fsp3) is 0.300. The number of hydrogen-bond acceptors (Lipinski definition) is 4. The Bertz CT molecular complexity index is 1010. The van der Waals surface area contributed by atoms with Crippen LogP contribution in [-0.2, 0) is 4.79 Å². The Hall–Kier alpha value is -3.60. The van der Waals surface area contributed by atoms with E-state index in [1.54, 1.807) is 23.1 Å². The van der Waals surface area contributed by atoms with Gasteiger partial charge in [-0.1, -0.05) is 12.1 Å². The second kappa shape index (κ2) is 7.19. The highest BCUT2D eigenvalue weighted by Crippen LogP contribution is 2.20. The number of benzene rings is 2. The van der Waals surface area contributed by atoms with Crippen molar-refractivity contribution in [2.45, 2.75) is 18.5 Å². The molecular weight excluding hydrogens is 358 g/mol. The van der Waals surface area contributed by atoms with E-state index in [9.17, 15) is 14.4 Å². The molecule has 2 aliphatic heterocycles. The molecule has 4 amide bonds. The van der Waals surface area contributed by atoms with E-state index in [0.29, 0.717) is 30.6 Å². The first-order valence-electron chi connectivity index (χ1n) is 9.11. The summed E-state index contributed by atoms with van der Waals surface area (Å²) in [5.74, 6) is -0.324. The number of nitrogens with one attached hydrogen (secondary N) is 3. The first-order chi connectivity index (χ1) is 13.5. The van der Waals surface area contributed by atoms with Crippen molar-refractivity contribution in [3.8, 4) is 6.07 Å². The van der Waals surface area contributed by atoms with Gasteiger partial charge in [0, 0.05) is 31.2 Å². The molecule has 8 nitrogen and oxygen atoms in total. The molecule has 3 N–H and O–H groups in total. The van der Waals surface area contributed by atoms with Crippen molar-refractivity contribution < 1.29 is 14.4 Å². The van der Waals surface area contributed by atoms with Crippen LogP contribution in [-0.4, -0.2) is 54.5 Å². The van der Waals surface area contributed by atoms with Gasteiger partial charge >= 0.3 is 6.03 Å². The van der Waals surface area contributed by atoms with Gasteiger partial charge in [0.05, 0.1) is 11.6 Å². The number of urea groups is 1. The summed E-state index contributed by atoms with van der Waals surface area (Å²) in [4.78, 5) is 37.9. The number of nitriles is 1. The lowest BCUT2D eigenvalue weighted by atomic mass is 10.0. The lowest BCUT2D eigenvalue weighted by molar-refractivity contribution is -0.123. The van der Waals surface area contributed by atoms with Crippen molar-refractivity contribution in [3.05, 3.63) is 47.5 Å². The molecule has 0 spiro atoms. The molecule has 0 bridgehead atoms. The SMILES string of the molecule is N#Cc1ccc2cc(C(=O)N3CCC(NC(=O)[C@@H]4CNC(=O)N4)C3)ccc2c1. The monoisotopic (exact) mass is 377 g/mol. The van der Waals surface area contributed by atoms with Crippen molar-refractivity contribution >= 4 is 28.6 Å². The topological polar surface area (TPSA) is 114 Å². The Morgan fingerprint density at radius 2 is 1.96 bits per heavy atom. The molecule has 0 saturated carbocycles. The lowest BCUT2D eigenvalue weighted by Gasteiger charge is -2.18. The van der Waals surface area contributed by atoms with Crippen molar-refractivity contribution in [2.24, 2.45) is 0 Å². The van der Waals surface area contributed by atoms with Crippen LogP contribution in [0, 0.1) is 11.3 Å². The maximum absolute atomic E-state index is 12.8. The van der Waals surface area contributed by atoms with Crippen LogP contribution in [0.1, 0.15) is 22.3 Å². The molecule has 28 heavy (non-hydrogen) atoms. The fourth-order valence-corrected chi connectivity index (χ4v) is 3.61. The van der Waals surface area contributed by atoms with E-state index in [2.05, 4.69) is 22.0 Å². The van der Waals surface area contributed by atoms with E-state index in [1.165, 1.54) is 0 Å². The average Bonchev–Trinajstić information content (AvgIpc) is 3.35. The molecule has 2 aromatic carbocycles. The first kappa shape index (κ1) is 17.8. The second-order valence-corrected chi connectivity index (χ2v) is 7.04. The van der Waals surface area contributed by atoms with Crippen molar-refractivity contribution in [3.63, 3.8) is 0 Å². The smallest absolute Gasteiger partial charge is 0.315 e. The number of carbonyl (C=O) groups excluding carboxylic acids is 3. The molecule has 1 unspecified atom stereocenters. The quantitative estimate of drug-likeness (QED) is 0.731. The number of hydrogen-bond donors (Lipinski definition) is 3. The van der Waals surface area contributed by atoms with E-state index < -0.39 is 6.04 Å². The Labute approximate surface area is 161 Å². The average molecular weight is 377 g/mol. The van der Waals surface area contributed by atoms with Gasteiger partial charge in [0.2, 0.25) is 5.91 Å². The Morgan fingerprint density at radius 3 is 2.71 bits per heavy atom. The van der Waals surface area contributed by atoms with E-state index in [1.807, 2.05) is 18.2 Å². The van der Waals surface area contributed by atoms with Gasteiger partial charge in [0.15, 0.2) is 0 Å². The third-order valence-electron chi connectivity index (χ3n) is 5.13. The van der Waals surface area contributed by atoms with Crippen LogP contribution in [0.4, 0.5) is 4.79 Å². The molecule has 8 heteroatoms. The van der Waals surface area contributed by atoms with E-state index in [0.717, 1.165) is 10.8 Å². The first-order valence-corrected chi connectivity index (χ1v) is 9.11. The Balaban J connectivity index is 1.40. The van der Waals surface area contributed by atoms with Crippen LogP contribution in [0.25, 0.3) is 10.8 Å². The second-order valence-electron chi connectivity index (χ2n) is 7.04. The highest BCUT2D eigenvalue weighted by Gasteiger charge is 2.32. The molecule has 0 aromatic heterocycles. The summed E-state index contributed by atoms with van der Waals surface area (Å²) in [5, 5.41) is 18.8. The molecule has 2 heterocycles.